The van der Waals surface area contributed by atoms with Gasteiger partial charge in [-0.1, -0.05) is 49.4 Å². The molecule has 0 bridgehead atoms. The van der Waals surface area contributed by atoms with Crippen molar-refractivity contribution in [3.05, 3.63) is 59.7 Å². The highest BCUT2D eigenvalue weighted by molar-refractivity contribution is 6.09. The average molecular weight is 265 g/mol. The third-order valence-corrected chi connectivity index (χ3v) is 3.57. The van der Waals surface area contributed by atoms with E-state index in [4.69, 9.17) is 0 Å². The maximum Gasteiger partial charge on any atom is 0.338 e. The summed E-state index contributed by atoms with van der Waals surface area (Å²) in [5, 5.41) is 10.2. The van der Waals surface area contributed by atoms with Gasteiger partial charge in [0.25, 0.3) is 0 Å². The number of fused-ring (bicyclic) bond motifs is 1. The third kappa shape index (κ3) is 1.97. The molecule has 3 rings (SSSR count). The van der Waals surface area contributed by atoms with Crippen molar-refractivity contribution in [2.45, 2.75) is 13.3 Å². The monoisotopic (exact) mass is 265 g/mol. The van der Waals surface area contributed by atoms with Gasteiger partial charge in [-0.25, -0.2) is 4.79 Å². The van der Waals surface area contributed by atoms with Crippen LogP contribution in [0.2, 0.25) is 0 Å². The number of carboxylic acids is 1. The number of aromatic carboxylic acids is 1. The van der Waals surface area contributed by atoms with Gasteiger partial charge in [-0.15, -0.1) is 0 Å². The first kappa shape index (κ1) is 12.5. The van der Waals surface area contributed by atoms with E-state index in [1.54, 1.807) is 0 Å². The topological polar surface area (TPSA) is 53.1 Å². The molecule has 0 saturated carbocycles. The van der Waals surface area contributed by atoms with E-state index in [2.05, 4.69) is 11.9 Å². The van der Waals surface area contributed by atoms with E-state index >= 15 is 0 Å². The number of hydrogen-bond donors (Lipinski definition) is 2. The second-order valence-electron chi connectivity index (χ2n) is 4.78. The number of aromatic amines is 1. The first-order valence-electron chi connectivity index (χ1n) is 6.64. The molecule has 0 saturated heterocycles. The van der Waals surface area contributed by atoms with E-state index in [-0.39, 0.29) is 0 Å². The number of hydrogen-bond acceptors (Lipinski definition) is 1. The number of rotatable bonds is 3. The van der Waals surface area contributed by atoms with Gasteiger partial charge in [-0.05, 0) is 23.6 Å². The van der Waals surface area contributed by atoms with Crippen molar-refractivity contribution in [3.8, 4) is 11.3 Å². The Balaban J connectivity index is 2.23. The van der Waals surface area contributed by atoms with Crippen molar-refractivity contribution >= 4 is 16.9 Å². The van der Waals surface area contributed by atoms with Crippen LogP contribution in [-0.2, 0) is 6.42 Å². The minimum atomic E-state index is -0.906. The SMILES string of the molecule is CCc1ccc(-c2[nH]c3ccccc3c2C(=O)O)cc1. The van der Waals surface area contributed by atoms with Crippen LogP contribution in [-0.4, -0.2) is 16.1 Å². The van der Waals surface area contributed by atoms with Crippen LogP contribution < -0.4 is 0 Å². The normalized spacial score (nSPS) is 10.8. The number of H-pyrrole nitrogens is 1. The van der Waals surface area contributed by atoms with E-state index in [9.17, 15) is 9.90 Å². The predicted molar refractivity (Wildman–Crippen MR) is 80.1 cm³/mol. The van der Waals surface area contributed by atoms with Crippen LogP contribution in [0.4, 0.5) is 0 Å². The fourth-order valence-corrected chi connectivity index (χ4v) is 2.49. The molecule has 0 unspecified atom stereocenters. The largest absolute Gasteiger partial charge is 0.478 e. The molecule has 0 fully saturated rings. The first-order valence-corrected chi connectivity index (χ1v) is 6.64. The zero-order chi connectivity index (χ0) is 14.1. The number of aryl methyl sites for hydroxylation is 1. The van der Waals surface area contributed by atoms with Crippen LogP contribution in [0.3, 0.4) is 0 Å². The van der Waals surface area contributed by atoms with Crippen molar-refractivity contribution < 1.29 is 9.90 Å². The molecule has 0 radical (unpaired) electrons. The molecule has 0 amide bonds. The van der Waals surface area contributed by atoms with Gasteiger partial charge in [0.2, 0.25) is 0 Å². The molecule has 0 spiro atoms. The van der Waals surface area contributed by atoms with Gasteiger partial charge in [-0.3, -0.25) is 0 Å². The minimum absolute atomic E-state index is 0.338. The van der Waals surface area contributed by atoms with E-state index in [1.165, 1.54) is 5.56 Å². The standard InChI is InChI=1S/C17H15NO2/c1-2-11-7-9-12(10-8-11)16-15(17(19)20)13-5-3-4-6-14(13)18-16/h3-10,18H,2H2,1H3,(H,19,20). The summed E-state index contributed by atoms with van der Waals surface area (Å²) in [6, 6.07) is 15.5. The molecule has 20 heavy (non-hydrogen) atoms. The number of carboxylic acid groups (broad SMARTS) is 1. The van der Waals surface area contributed by atoms with Gasteiger partial charge in [0.05, 0.1) is 11.3 Å². The lowest BCUT2D eigenvalue weighted by atomic mass is 10.0. The maximum atomic E-state index is 11.6. The Morgan fingerprint density at radius 1 is 1.10 bits per heavy atom. The highest BCUT2D eigenvalue weighted by Gasteiger charge is 2.18. The van der Waals surface area contributed by atoms with Crippen molar-refractivity contribution in [2.75, 3.05) is 0 Å². The summed E-state index contributed by atoms with van der Waals surface area (Å²) < 4.78 is 0. The van der Waals surface area contributed by atoms with Crippen molar-refractivity contribution in [1.82, 2.24) is 4.98 Å². The van der Waals surface area contributed by atoms with Gasteiger partial charge < -0.3 is 10.1 Å². The van der Waals surface area contributed by atoms with Crippen LogP contribution >= 0.6 is 0 Å². The van der Waals surface area contributed by atoms with Gasteiger partial charge >= 0.3 is 5.97 Å². The van der Waals surface area contributed by atoms with E-state index < -0.39 is 5.97 Å². The summed E-state index contributed by atoms with van der Waals surface area (Å²) in [6.45, 7) is 2.10. The lowest BCUT2D eigenvalue weighted by Gasteiger charge is -2.03. The lowest BCUT2D eigenvalue weighted by molar-refractivity contribution is 0.0700. The third-order valence-electron chi connectivity index (χ3n) is 3.57. The second-order valence-corrected chi connectivity index (χ2v) is 4.78. The molecule has 0 aliphatic carbocycles. The second kappa shape index (κ2) is 4.85. The Morgan fingerprint density at radius 2 is 1.80 bits per heavy atom. The zero-order valence-corrected chi connectivity index (χ0v) is 11.2. The highest BCUT2D eigenvalue weighted by Crippen LogP contribution is 2.30. The van der Waals surface area contributed by atoms with Crippen LogP contribution in [0.1, 0.15) is 22.8 Å². The summed E-state index contributed by atoms with van der Waals surface area (Å²) in [7, 11) is 0. The molecule has 100 valence electrons. The molecule has 2 aromatic carbocycles. The maximum absolute atomic E-state index is 11.6. The van der Waals surface area contributed by atoms with Gasteiger partial charge in [0.1, 0.15) is 0 Å². The van der Waals surface area contributed by atoms with Gasteiger partial charge in [-0.2, -0.15) is 0 Å². The first-order chi connectivity index (χ1) is 9.70. The van der Waals surface area contributed by atoms with Crippen molar-refractivity contribution in [2.24, 2.45) is 0 Å². The quantitative estimate of drug-likeness (QED) is 0.749. The Bertz CT molecular complexity index is 769. The summed E-state index contributed by atoms with van der Waals surface area (Å²) in [5.74, 6) is -0.906. The molecular weight excluding hydrogens is 250 g/mol. The molecule has 3 aromatic rings. The van der Waals surface area contributed by atoms with Crippen LogP contribution in [0.5, 0.6) is 0 Å². The molecule has 0 aliphatic rings. The van der Waals surface area contributed by atoms with E-state index in [0.29, 0.717) is 11.3 Å². The van der Waals surface area contributed by atoms with Crippen LogP contribution in [0, 0.1) is 0 Å². The molecule has 1 aromatic heterocycles. The Morgan fingerprint density at radius 3 is 2.45 bits per heavy atom. The smallest absolute Gasteiger partial charge is 0.338 e. The van der Waals surface area contributed by atoms with Crippen molar-refractivity contribution in [3.63, 3.8) is 0 Å². The fraction of sp³-hybridized carbons (Fsp3) is 0.118. The number of nitrogens with one attached hydrogen (secondary N) is 1. The lowest BCUT2D eigenvalue weighted by Crippen LogP contribution is -1.97. The van der Waals surface area contributed by atoms with E-state index in [0.717, 1.165) is 22.9 Å². The molecule has 3 heteroatoms. The summed E-state index contributed by atoms with van der Waals surface area (Å²) in [5.41, 5.74) is 3.99. The number of aromatic nitrogens is 1. The van der Waals surface area contributed by atoms with Crippen LogP contribution in [0.15, 0.2) is 48.5 Å². The summed E-state index contributed by atoms with van der Waals surface area (Å²) in [4.78, 5) is 14.8. The predicted octanol–water partition coefficient (Wildman–Crippen LogP) is 4.10. The fourth-order valence-electron chi connectivity index (χ4n) is 2.49. The molecule has 2 N–H and O–H groups in total. The van der Waals surface area contributed by atoms with Gasteiger partial charge in [0.15, 0.2) is 0 Å². The Hall–Kier alpha value is -2.55. The Kier molecular flexibility index (Phi) is 3.03. The molecule has 0 aliphatic heterocycles. The van der Waals surface area contributed by atoms with Gasteiger partial charge in [0, 0.05) is 10.9 Å². The molecule has 3 nitrogen and oxygen atoms in total. The number of carbonyl (C=O) groups is 1. The number of para-hydroxylation sites is 1. The van der Waals surface area contributed by atoms with Crippen LogP contribution in [0.25, 0.3) is 22.2 Å². The summed E-state index contributed by atoms with van der Waals surface area (Å²) >= 11 is 0. The summed E-state index contributed by atoms with van der Waals surface area (Å²) in [6.07, 6.45) is 0.971. The van der Waals surface area contributed by atoms with Crippen molar-refractivity contribution in [1.29, 1.82) is 0 Å². The average Bonchev–Trinajstić information content (AvgIpc) is 2.86. The molecular formula is C17H15NO2. The Labute approximate surface area is 116 Å². The van der Waals surface area contributed by atoms with E-state index in [1.807, 2.05) is 48.5 Å². The zero-order valence-electron chi connectivity index (χ0n) is 11.2. The minimum Gasteiger partial charge on any atom is -0.478 e. The highest BCUT2D eigenvalue weighted by atomic mass is 16.4. The number of benzene rings is 2. The molecule has 0 atom stereocenters. The molecule has 1 heterocycles.